The average Bonchev–Trinajstić information content (AvgIpc) is 2.29. The van der Waals surface area contributed by atoms with Gasteiger partial charge in [-0.1, -0.05) is 6.07 Å². The summed E-state index contributed by atoms with van der Waals surface area (Å²) >= 11 is 0. The predicted molar refractivity (Wildman–Crippen MR) is 56.0 cm³/mol. The summed E-state index contributed by atoms with van der Waals surface area (Å²) in [5.41, 5.74) is 0.544. The number of halogens is 1. The Kier molecular flexibility index (Phi) is 2.07. The summed E-state index contributed by atoms with van der Waals surface area (Å²) in [4.78, 5) is 13.4. The van der Waals surface area contributed by atoms with Crippen molar-refractivity contribution < 1.29 is 13.9 Å². The van der Waals surface area contributed by atoms with Crippen molar-refractivity contribution in [3.8, 4) is 5.75 Å². The van der Waals surface area contributed by atoms with Crippen LogP contribution in [0, 0.1) is 5.82 Å². The van der Waals surface area contributed by atoms with Crippen LogP contribution in [0.4, 0.5) is 10.1 Å². The quantitative estimate of drug-likeness (QED) is 0.696. The zero-order valence-electron chi connectivity index (χ0n) is 8.57. The summed E-state index contributed by atoms with van der Waals surface area (Å²) in [5.74, 6) is -0.261. The maximum Gasteiger partial charge on any atom is 0.241 e. The second-order valence-electron chi connectivity index (χ2n) is 3.95. The molecule has 1 aromatic carbocycles. The Morgan fingerprint density at radius 2 is 2.38 bits per heavy atom. The molecule has 0 radical (unpaired) electrons. The zero-order valence-corrected chi connectivity index (χ0v) is 8.57. The van der Waals surface area contributed by atoms with E-state index in [1.165, 1.54) is 6.07 Å². The van der Waals surface area contributed by atoms with Crippen LogP contribution in [0.15, 0.2) is 18.2 Å². The first-order valence-electron chi connectivity index (χ1n) is 5.21. The summed E-state index contributed by atoms with van der Waals surface area (Å²) in [7, 11) is 0. The summed E-state index contributed by atoms with van der Waals surface area (Å²) < 4.78 is 18.8. The number of para-hydroxylation sites is 1. The van der Waals surface area contributed by atoms with Crippen LogP contribution in [0.2, 0.25) is 0 Å². The highest BCUT2D eigenvalue weighted by Crippen LogP contribution is 2.36. The topological polar surface area (TPSA) is 41.6 Å². The van der Waals surface area contributed by atoms with E-state index in [0.29, 0.717) is 25.4 Å². The number of carbonyl (C=O) groups is 1. The molecule has 3 rings (SSSR count). The van der Waals surface area contributed by atoms with Gasteiger partial charge in [-0.25, -0.2) is 4.39 Å². The van der Waals surface area contributed by atoms with Crippen LogP contribution < -0.4 is 15.0 Å². The van der Waals surface area contributed by atoms with Crippen molar-refractivity contribution in [2.45, 2.75) is 6.04 Å². The lowest BCUT2D eigenvalue weighted by molar-refractivity contribution is -0.119. The second-order valence-corrected chi connectivity index (χ2v) is 3.95. The highest BCUT2D eigenvalue weighted by molar-refractivity contribution is 5.98. The molecule has 0 bridgehead atoms. The lowest BCUT2D eigenvalue weighted by Crippen LogP contribution is -2.59. The first kappa shape index (κ1) is 9.59. The number of nitrogens with one attached hydrogen (secondary N) is 1. The molecule has 2 aliphatic rings. The number of carbonyl (C=O) groups excluding carboxylic acids is 1. The van der Waals surface area contributed by atoms with Gasteiger partial charge in [0.15, 0.2) is 11.6 Å². The van der Waals surface area contributed by atoms with Gasteiger partial charge in [0.05, 0.1) is 18.3 Å². The molecule has 2 aliphatic heterocycles. The fraction of sp³-hybridized carbons (Fsp3) is 0.364. The van der Waals surface area contributed by atoms with Crippen LogP contribution in [0.3, 0.4) is 0 Å². The van der Waals surface area contributed by atoms with E-state index in [2.05, 4.69) is 5.32 Å². The fourth-order valence-electron chi connectivity index (χ4n) is 2.20. The first-order chi connectivity index (χ1) is 7.77. The molecular weight excluding hydrogens is 211 g/mol. The van der Waals surface area contributed by atoms with Gasteiger partial charge in [-0.2, -0.15) is 0 Å². The molecule has 1 N–H and O–H groups in total. The molecule has 1 amide bonds. The Morgan fingerprint density at radius 3 is 3.25 bits per heavy atom. The van der Waals surface area contributed by atoms with Gasteiger partial charge in [-0.05, 0) is 12.1 Å². The third-order valence-corrected chi connectivity index (χ3v) is 2.92. The molecule has 1 aromatic rings. The monoisotopic (exact) mass is 222 g/mol. The van der Waals surface area contributed by atoms with Gasteiger partial charge in [0.25, 0.3) is 0 Å². The third-order valence-electron chi connectivity index (χ3n) is 2.92. The van der Waals surface area contributed by atoms with Gasteiger partial charge in [0.2, 0.25) is 5.91 Å². The molecule has 1 saturated heterocycles. The number of hydrogen-bond acceptors (Lipinski definition) is 3. The van der Waals surface area contributed by atoms with E-state index in [1.807, 2.05) is 0 Å². The Balaban J connectivity index is 2.09. The summed E-state index contributed by atoms with van der Waals surface area (Å²) in [6.07, 6.45) is 0. The number of nitrogens with zero attached hydrogens (tertiary/aromatic N) is 1. The lowest BCUT2D eigenvalue weighted by atomic mass is 10.1. The standard InChI is InChI=1S/C11H11FN2O2/c12-8-2-1-3-9-11(8)16-6-7-4-13-5-10(15)14(7)9/h1-3,7,13H,4-6H2. The molecule has 0 spiro atoms. The zero-order chi connectivity index (χ0) is 11.1. The lowest BCUT2D eigenvalue weighted by Gasteiger charge is -2.40. The maximum atomic E-state index is 13.5. The molecule has 0 saturated carbocycles. The van der Waals surface area contributed by atoms with Gasteiger partial charge in [-0.3, -0.25) is 9.69 Å². The van der Waals surface area contributed by atoms with E-state index < -0.39 is 5.82 Å². The second kappa shape index (κ2) is 3.45. The van der Waals surface area contributed by atoms with Gasteiger partial charge in [0.1, 0.15) is 6.61 Å². The largest absolute Gasteiger partial charge is 0.486 e. The Morgan fingerprint density at radius 1 is 1.50 bits per heavy atom. The first-order valence-corrected chi connectivity index (χ1v) is 5.21. The molecule has 2 heterocycles. The number of ether oxygens (including phenoxy) is 1. The van der Waals surface area contributed by atoms with Crippen LogP contribution in [-0.4, -0.2) is 31.6 Å². The fourth-order valence-corrected chi connectivity index (χ4v) is 2.20. The molecule has 84 valence electrons. The van der Waals surface area contributed by atoms with Crippen molar-refractivity contribution in [2.24, 2.45) is 0 Å². The Labute approximate surface area is 92.0 Å². The van der Waals surface area contributed by atoms with Gasteiger partial charge in [0, 0.05) is 6.54 Å². The van der Waals surface area contributed by atoms with E-state index in [0.717, 1.165) is 0 Å². The van der Waals surface area contributed by atoms with E-state index in [1.54, 1.807) is 17.0 Å². The number of rotatable bonds is 0. The van der Waals surface area contributed by atoms with Crippen LogP contribution in [0.5, 0.6) is 5.75 Å². The van der Waals surface area contributed by atoms with Crippen molar-refractivity contribution in [1.29, 1.82) is 0 Å². The van der Waals surface area contributed by atoms with Crippen LogP contribution in [0.25, 0.3) is 0 Å². The summed E-state index contributed by atoms with van der Waals surface area (Å²) in [6, 6.07) is 4.62. The van der Waals surface area contributed by atoms with E-state index in [4.69, 9.17) is 4.74 Å². The van der Waals surface area contributed by atoms with Gasteiger partial charge in [-0.15, -0.1) is 0 Å². The van der Waals surface area contributed by atoms with Gasteiger partial charge < -0.3 is 10.1 Å². The predicted octanol–water partition coefficient (Wildman–Crippen LogP) is 0.523. The van der Waals surface area contributed by atoms with Gasteiger partial charge >= 0.3 is 0 Å². The molecule has 1 fully saturated rings. The Hall–Kier alpha value is -1.62. The minimum atomic E-state index is -0.415. The van der Waals surface area contributed by atoms with Crippen LogP contribution in [0.1, 0.15) is 0 Å². The minimum Gasteiger partial charge on any atom is -0.486 e. The number of anilines is 1. The van der Waals surface area contributed by atoms with Crippen LogP contribution in [-0.2, 0) is 4.79 Å². The van der Waals surface area contributed by atoms with Crippen molar-refractivity contribution in [1.82, 2.24) is 5.32 Å². The normalized spacial score (nSPS) is 23.4. The number of benzene rings is 1. The Bertz CT molecular complexity index is 450. The summed E-state index contributed by atoms with van der Waals surface area (Å²) in [6.45, 7) is 1.32. The highest BCUT2D eigenvalue weighted by atomic mass is 19.1. The van der Waals surface area contributed by atoms with E-state index in [-0.39, 0.29) is 17.7 Å². The van der Waals surface area contributed by atoms with E-state index >= 15 is 0 Å². The molecule has 1 atom stereocenters. The van der Waals surface area contributed by atoms with Crippen LogP contribution >= 0.6 is 0 Å². The third kappa shape index (κ3) is 1.28. The smallest absolute Gasteiger partial charge is 0.241 e. The molecule has 1 unspecified atom stereocenters. The minimum absolute atomic E-state index is 0.0319. The number of hydrogen-bond donors (Lipinski definition) is 1. The van der Waals surface area contributed by atoms with Crippen molar-refractivity contribution in [3.63, 3.8) is 0 Å². The molecular formula is C11H11FN2O2. The molecule has 0 aliphatic carbocycles. The number of fused-ring (bicyclic) bond motifs is 3. The molecule has 4 nitrogen and oxygen atoms in total. The van der Waals surface area contributed by atoms with Crippen molar-refractivity contribution in [2.75, 3.05) is 24.6 Å². The number of piperazine rings is 1. The summed E-state index contributed by atoms with van der Waals surface area (Å²) in [5, 5.41) is 3.01. The van der Waals surface area contributed by atoms with Crippen molar-refractivity contribution in [3.05, 3.63) is 24.0 Å². The molecule has 5 heteroatoms. The van der Waals surface area contributed by atoms with Crippen molar-refractivity contribution >= 4 is 11.6 Å². The molecule has 16 heavy (non-hydrogen) atoms. The highest BCUT2D eigenvalue weighted by Gasteiger charge is 2.35. The maximum absolute atomic E-state index is 13.5. The number of amides is 1. The SMILES string of the molecule is O=C1CNCC2COc3c(F)cccc3N12. The molecule has 0 aromatic heterocycles. The van der Waals surface area contributed by atoms with E-state index in [9.17, 15) is 9.18 Å². The average molecular weight is 222 g/mol.